The normalized spacial score (nSPS) is 12.3. The summed E-state index contributed by atoms with van der Waals surface area (Å²) >= 11 is 1.65. The number of terminal acetylenes is 1. The number of nitrogens with two attached hydrogens (primary N) is 1. The van der Waals surface area contributed by atoms with Crippen LogP contribution in [0.5, 0.6) is 0 Å². The van der Waals surface area contributed by atoms with E-state index in [1.54, 1.807) is 11.3 Å². The molecule has 0 saturated heterocycles. The third kappa shape index (κ3) is 2.26. The molecule has 2 nitrogen and oxygen atoms in total. The predicted molar refractivity (Wildman–Crippen MR) is 53.9 cm³/mol. The molecule has 0 fully saturated rings. The van der Waals surface area contributed by atoms with E-state index in [1.165, 1.54) is 0 Å². The van der Waals surface area contributed by atoms with Gasteiger partial charge in [-0.25, -0.2) is 0 Å². The second-order valence-electron chi connectivity index (χ2n) is 2.57. The van der Waals surface area contributed by atoms with Crippen molar-refractivity contribution in [2.45, 2.75) is 19.5 Å². The summed E-state index contributed by atoms with van der Waals surface area (Å²) in [6.45, 7) is 2.71. The molecule has 0 radical (unpaired) electrons. The van der Waals surface area contributed by atoms with Crippen LogP contribution in [-0.4, -0.2) is 6.04 Å². The Bertz CT molecular complexity index is 285. The topological polar surface area (TPSA) is 38.0 Å². The number of hydrogen-bond acceptors (Lipinski definition) is 3. The highest BCUT2D eigenvalue weighted by Crippen LogP contribution is 2.18. The maximum atomic E-state index is 5.69. The van der Waals surface area contributed by atoms with Crippen LogP contribution in [0.1, 0.15) is 11.8 Å². The maximum Gasteiger partial charge on any atom is 0.0661 e. The molecule has 0 aliphatic rings. The summed E-state index contributed by atoms with van der Waals surface area (Å²) in [5.41, 5.74) is 6.53. The molecule has 1 heterocycles. The average molecular weight is 180 g/mol. The van der Waals surface area contributed by atoms with E-state index < -0.39 is 0 Å². The Kier molecular flexibility index (Phi) is 3.15. The van der Waals surface area contributed by atoms with Gasteiger partial charge in [0.1, 0.15) is 0 Å². The first-order chi connectivity index (χ1) is 5.74. The fourth-order valence-electron chi connectivity index (χ4n) is 0.799. The maximum absolute atomic E-state index is 5.69. The van der Waals surface area contributed by atoms with Crippen LogP contribution in [0.4, 0.5) is 5.69 Å². The third-order valence-corrected chi connectivity index (χ3v) is 2.54. The van der Waals surface area contributed by atoms with Crippen molar-refractivity contribution in [2.75, 3.05) is 5.73 Å². The number of nitrogen functional groups attached to an aromatic ring is 1. The molecule has 1 aromatic heterocycles. The van der Waals surface area contributed by atoms with Crippen LogP contribution >= 0.6 is 11.3 Å². The first-order valence-corrected chi connectivity index (χ1v) is 4.63. The van der Waals surface area contributed by atoms with Gasteiger partial charge in [0.25, 0.3) is 0 Å². The molecule has 1 unspecified atom stereocenters. The van der Waals surface area contributed by atoms with Gasteiger partial charge in [0, 0.05) is 17.1 Å². The first kappa shape index (κ1) is 9.11. The molecule has 1 atom stereocenters. The highest BCUT2D eigenvalue weighted by Gasteiger charge is 2.01. The van der Waals surface area contributed by atoms with Gasteiger partial charge >= 0.3 is 0 Å². The molecule has 0 spiro atoms. The van der Waals surface area contributed by atoms with Crippen LogP contribution < -0.4 is 11.1 Å². The van der Waals surface area contributed by atoms with Crippen LogP contribution in [-0.2, 0) is 6.54 Å². The quantitative estimate of drug-likeness (QED) is 0.691. The fourth-order valence-corrected chi connectivity index (χ4v) is 1.55. The molecule has 12 heavy (non-hydrogen) atoms. The first-order valence-electron chi connectivity index (χ1n) is 3.75. The molecule has 0 amide bonds. The van der Waals surface area contributed by atoms with Crippen molar-refractivity contribution in [1.82, 2.24) is 5.32 Å². The van der Waals surface area contributed by atoms with Crippen molar-refractivity contribution in [3.63, 3.8) is 0 Å². The van der Waals surface area contributed by atoms with Crippen LogP contribution in [0.2, 0.25) is 0 Å². The molecular formula is C9H12N2S. The van der Waals surface area contributed by atoms with E-state index in [9.17, 15) is 0 Å². The standard InChI is InChI=1S/C9H12N2S/c1-3-7(2)11-6-9-8(10)4-5-12-9/h1,4-5,7,11H,6,10H2,2H3. The zero-order valence-electron chi connectivity index (χ0n) is 7.00. The van der Waals surface area contributed by atoms with Crippen LogP contribution in [0, 0.1) is 12.3 Å². The van der Waals surface area contributed by atoms with E-state index >= 15 is 0 Å². The minimum absolute atomic E-state index is 0.103. The number of rotatable bonds is 3. The molecule has 3 heteroatoms. The zero-order valence-corrected chi connectivity index (χ0v) is 7.82. The molecule has 0 aliphatic carbocycles. The van der Waals surface area contributed by atoms with E-state index in [0.29, 0.717) is 0 Å². The second kappa shape index (κ2) is 4.15. The van der Waals surface area contributed by atoms with Gasteiger partial charge in [-0.2, -0.15) is 0 Å². The molecule has 0 aliphatic heterocycles. The third-order valence-electron chi connectivity index (χ3n) is 1.60. The van der Waals surface area contributed by atoms with Gasteiger partial charge in [0.2, 0.25) is 0 Å². The lowest BCUT2D eigenvalue weighted by Gasteiger charge is -2.05. The molecular weight excluding hydrogens is 168 g/mol. The fraction of sp³-hybridized carbons (Fsp3) is 0.333. The summed E-state index contributed by atoms with van der Waals surface area (Å²) in [5.74, 6) is 2.60. The van der Waals surface area contributed by atoms with Crippen molar-refractivity contribution in [1.29, 1.82) is 0 Å². The number of hydrogen-bond donors (Lipinski definition) is 2. The number of anilines is 1. The molecule has 1 rings (SSSR count). The van der Waals surface area contributed by atoms with Gasteiger partial charge in [0.15, 0.2) is 0 Å². The molecule has 3 N–H and O–H groups in total. The Morgan fingerprint density at radius 3 is 3.08 bits per heavy atom. The Morgan fingerprint density at radius 2 is 2.58 bits per heavy atom. The highest BCUT2D eigenvalue weighted by atomic mass is 32.1. The second-order valence-corrected chi connectivity index (χ2v) is 3.57. The van der Waals surface area contributed by atoms with Gasteiger partial charge in [0.05, 0.1) is 6.04 Å². The van der Waals surface area contributed by atoms with Gasteiger partial charge in [-0.15, -0.1) is 17.8 Å². The molecule has 64 valence electrons. The summed E-state index contributed by atoms with van der Waals surface area (Å²) in [7, 11) is 0. The van der Waals surface area contributed by atoms with Crippen molar-refractivity contribution in [3.05, 3.63) is 16.3 Å². The van der Waals surface area contributed by atoms with Gasteiger partial charge in [-0.05, 0) is 18.4 Å². The lowest BCUT2D eigenvalue weighted by Crippen LogP contribution is -2.23. The monoisotopic (exact) mass is 180 g/mol. The Hall–Kier alpha value is -0.980. The van der Waals surface area contributed by atoms with Crippen molar-refractivity contribution >= 4 is 17.0 Å². The Labute approximate surface area is 76.8 Å². The minimum Gasteiger partial charge on any atom is -0.398 e. The van der Waals surface area contributed by atoms with Crippen molar-refractivity contribution in [3.8, 4) is 12.3 Å². The van der Waals surface area contributed by atoms with Gasteiger partial charge in [-0.1, -0.05) is 5.92 Å². The van der Waals surface area contributed by atoms with Crippen molar-refractivity contribution < 1.29 is 0 Å². The van der Waals surface area contributed by atoms with E-state index in [0.717, 1.165) is 17.1 Å². The van der Waals surface area contributed by atoms with E-state index in [2.05, 4.69) is 11.2 Å². The summed E-state index contributed by atoms with van der Waals surface area (Å²) in [6, 6.07) is 2.01. The summed E-state index contributed by atoms with van der Waals surface area (Å²) < 4.78 is 0. The average Bonchev–Trinajstić information content (AvgIpc) is 2.47. The lowest BCUT2D eigenvalue weighted by atomic mass is 10.3. The predicted octanol–water partition coefficient (Wildman–Crippen LogP) is 1.44. The highest BCUT2D eigenvalue weighted by molar-refractivity contribution is 7.10. The summed E-state index contributed by atoms with van der Waals surface area (Å²) in [4.78, 5) is 1.15. The summed E-state index contributed by atoms with van der Waals surface area (Å²) in [6.07, 6.45) is 5.21. The largest absolute Gasteiger partial charge is 0.398 e. The zero-order chi connectivity index (χ0) is 8.97. The van der Waals surface area contributed by atoms with Gasteiger partial charge in [-0.3, -0.25) is 5.32 Å². The molecule has 0 bridgehead atoms. The molecule has 0 aromatic carbocycles. The van der Waals surface area contributed by atoms with Crippen LogP contribution in [0.15, 0.2) is 11.4 Å². The number of nitrogens with one attached hydrogen (secondary N) is 1. The van der Waals surface area contributed by atoms with Gasteiger partial charge < -0.3 is 5.73 Å². The minimum atomic E-state index is 0.103. The van der Waals surface area contributed by atoms with Crippen LogP contribution in [0.25, 0.3) is 0 Å². The lowest BCUT2D eigenvalue weighted by molar-refractivity contribution is 0.655. The molecule has 1 aromatic rings. The molecule has 0 saturated carbocycles. The smallest absolute Gasteiger partial charge is 0.0661 e. The number of thiophene rings is 1. The van der Waals surface area contributed by atoms with E-state index in [4.69, 9.17) is 12.2 Å². The Morgan fingerprint density at radius 1 is 1.83 bits per heavy atom. The van der Waals surface area contributed by atoms with E-state index in [-0.39, 0.29) is 6.04 Å². The van der Waals surface area contributed by atoms with Crippen molar-refractivity contribution in [2.24, 2.45) is 0 Å². The SMILES string of the molecule is C#CC(C)NCc1sccc1N. The van der Waals surface area contributed by atoms with Crippen LogP contribution in [0.3, 0.4) is 0 Å². The van der Waals surface area contributed by atoms with E-state index in [1.807, 2.05) is 18.4 Å². The Balaban J connectivity index is 2.44. The summed E-state index contributed by atoms with van der Waals surface area (Å²) in [5, 5.41) is 5.15.